The molecule has 1 saturated heterocycles. The second-order valence-electron chi connectivity index (χ2n) is 6.50. The van der Waals surface area contributed by atoms with Gasteiger partial charge in [0.2, 0.25) is 0 Å². The highest BCUT2D eigenvalue weighted by atomic mass is 19.1. The number of carbonyl (C=O) groups is 2. The molecule has 0 spiro atoms. The number of hydrogen-bond donors (Lipinski definition) is 3. The fraction of sp³-hybridized carbons (Fsp3) is 0.368. The summed E-state index contributed by atoms with van der Waals surface area (Å²) in [5.41, 5.74) is 0.254. The Morgan fingerprint density at radius 2 is 2.04 bits per heavy atom. The van der Waals surface area contributed by atoms with Crippen molar-refractivity contribution in [2.45, 2.75) is 25.4 Å². The average molecular weight is 374 g/mol. The van der Waals surface area contributed by atoms with E-state index in [1.165, 1.54) is 19.2 Å². The summed E-state index contributed by atoms with van der Waals surface area (Å²) in [5.74, 6) is -0.243. The van der Waals surface area contributed by atoms with E-state index < -0.39 is 11.7 Å². The molecule has 1 aromatic carbocycles. The molecule has 8 heteroatoms. The van der Waals surface area contributed by atoms with Crippen LogP contribution in [0.3, 0.4) is 0 Å². The number of amides is 3. The zero-order chi connectivity index (χ0) is 19.2. The Morgan fingerprint density at radius 3 is 2.70 bits per heavy atom. The van der Waals surface area contributed by atoms with Crippen LogP contribution in [0.2, 0.25) is 0 Å². The molecule has 144 valence electrons. The molecule has 27 heavy (non-hydrogen) atoms. The molecule has 0 bridgehead atoms. The van der Waals surface area contributed by atoms with Gasteiger partial charge in [-0.3, -0.25) is 9.69 Å². The van der Waals surface area contributed by atoms with E-state index in [4.69, 9.17) is 4.42 Å². The van der Waals surface area contributed by atoms with Crippen LogP contribution in [0.15, 0.2) is 41.0 Å². The molecule has 0 aliphatic carbocycles. The first-order chi connectivity index (χ1) is 13.0. The van der Waals surface area contributed by atoms with Crippen LogP contribution in [-0.2, 0) is 6.54 Å². The third kappa shape index (κ3) is 5.07. The van der Waals surface area contributed by atoms with Crippen molar-refractivity contribution in [2.75, 3.05) is 25.5 Å². The van der Waals surface area contributed by atoms with E-state index in [1.54, 1.807) is 6.26 Å². The van der Waals surface area contributed by atoms with Gasteiger partial charge in [-0.1, -0.05) is 0 Å². The van der Waals surface area contributed by atoms with Gasteiger partial charge in [0.25, 0.3) is 5.91 Å². The predicted octanol–water partition coefficient (Wildman–Crippen LogP) is 2.56. The highest BCUT2D eigenvalue weighted by Crippen LogP contribution is 2.16. The molecule has 0 radical (unpaired) electrons. The van der Waals surface area contributed by atoms with E-state index in [0.717, 1.165) is 44.3 Å². The summed E-state index contributed by atoms with van der Waals surface area (Å²) in [6.45, 7) is 2.50. The minimum atomic E-state index is -0.635. The van der Waals surface area contributed by atoms with Crippen molar-refractivity contribution >= 4 is 17.6 Å². The second-order valence-corrected chi connectivity index (χ2v) is 6.50. The lowest BCUT2D eigenvalue weighted by molar-refractivity contribution is 0.0959. The van der Waals surface area contributed by atoms with Crippen molar-refractivity contribution in [3.63, 3.8) is 0 Å². The molecule has 0 atom stereocenters. The molecular formula is C19H23FN4O3. The molecule has 3 N–H and O–H groups in total. The maximum Gasteiger partial charge on any atom is 0.319 e. The van der Waals surface area contributed by atoms with Gasteiger partial charge in [-0.05, 0) is 43.2 Å². The monoisotopic (exact) mass is 374 g/mol. The lowest BCUT2D eigenvalue weighted by Gasteiger charge is -2.31. The van der Waals surface area contributed by atoms with Gasteiger partial charge in [0.1, 0.15) is 11.6 Å². The number of nitrogens with zero attached hydrogens (tertiary/aromatic N) is 1. The third-order valence-corrected chi connectivity index (χ3v) is 4.58. The van der Waals surface area contributed by atoms with Gasteiger partial charge >= 0.3 is 6.03 Å². The number of piperidine rings is 1. The number of furan rings is 1. The van der Waals surface area contributed by atoms with Gasteiger partial charge in [-0.25, -0.2) is 9.18 Å². The highest BCUT2D eigenvalue weighted by Gasteiger charge is 2.21. The van der Waals surface area contributed by atoms with Crippen LogP contribution in [0, 0.1) is 5.82 Å². The summed E-state index contributed by atoms with van der Waals surface area (Å²) in [7, 11) is 1.42. The van der Waals surface area contributed by atoms with Crippen molar-refractivity contribution in [1.82, 2.24) is 15.5 Å². The minimum Gasteiger partial charge on any atom is -0.468 e. The predicted molar refractivity (Wildman–Crippen MR) is 99.0 cm³/mol. The maximum absolute atomic E-state index is 13.7. The van der Waals surface area contributed by atoms with Crippen LogP contribution in [0.4, 0.5) is 14.9 Å². The summed E-state index contributed by atoms with van der Waals surface area (Å²) in [4.78, 5) is 26.1. The van der Waals surface area contributed by atoms with Gasteiger partial charge in [0, 0.05) is 31.9 Å². The number of halogens is 1. The van der Waals surface area contributed by atoms with Gasteiger partial charge in [0.05, 0.1) is 18.4 Å². The first-order valence-corrected chi connectivity index (χ1v) is 8.89. The van der Waals surface area contributed by atoms with Crippen LogP contribution >= 0.6 is 0 Å². The number of hydrogen-bond acceptors (Lipinski definition) is 4. The van der Waals surface area contributed by atoms with E-state index in [0.29, 0.717) is 5.69 Å². The van der Waals surface area contributed by atoms with Crippen molar-refractivity contribution in [3.05, 3.63) is 53.7 Å². The van der Waals surface area contributed by atoms with E-state index >= 15 is 0 Å². The molecule has 0 unspecified atom stereocenters. The highest BCUT2D eigenvalue weighted by molar-refractivity contribution is 5.97. The molecule has 2 heterocycles. The van der Waals surface area contributed by atoms with Crippen molar-refractivity contribution in [2.24, 2.45) is 0 Å². The Bertz CT molecular complexity index is 786. The number of rotatable bonds is 5. The standard InChI is InChI=1S/C19H23FN4O3/c1-21-18(25)16-11-14(4-5-17(16)20)23-19(26)22-13-6-8-24(9-7-13)12-15-3-2-10-27-15/h2-5,10-11,13H,6-9,12H2,1H3,(H,21,25)(H2,22,23,26). The first-order valence-electron chi connectivity index (χ1n) is 8.89. The molecular weight excluding hydrogens is 351 g/mol. The Morgan fingerprint density at radius 1 is 1.26 bits per heavy atom. The van der Waals surface area contributed by atoms with E-state index in [2.05, 4.69) is 20.9 Å². The number of benzene rings is 1. The third-order valence-electron chi connectivity index (χ3n) is 4.58. The Balaban J connectivity index is 1.48. The van der Waals surface area contributed by atoms with Crippen LogP contribution < -0.4 is 16.0 Å². The lowest BCUT2D eigenvalue weighted by atomic mass is 10.1. The maximum atomic E-state index is 13.7. The Kier molecular flexibility index (Phi) is 6.08. The molecule has 3 rings (SSSR count). The lowest BCUT2D eigenvalue weighted by Crippen LogP contribution is -2.45. The Labute approximate surface area is 156 Å². The smallest absolute Gasteiger partial charge is 0.319 e. The summed E-state index contributed by atoms with van der Waals surface area (Å²) in [6, 6.07) is 7.43. The summed E-state index contributed by atoms with van der Waals surface area (Å²) < 4.78 is 19.0. The largest absolute Gasteiger partial charge is 0.468 e. The van der Waals surface area contributed by atoms with Crippen molar-refractivity contribution < 1.29 is 18.4 Å². The number of anilines is 1. The zero-order valence-electron chi connectivity index (χ0n) is 15.1. The van der Waals surface area contributed by atoms with E-state index in [-0.39, 0.29) is 17.6 Å². The van der Waals surface area contributed by atoms with E-state index in [1.807, 2.05) is 12.1 Å². The summed E-state index contributed by atoms with van der Waals surface area (Å²) >= 11 is 0. The van der Waals surface area contributed by atoms with Gasteiger partial charge < -0.3 is 20.4 Å². The molecule has 7 nitrogen and oxygen atoms in total. The molecule has 1 aromatic heterocycles. The zero-order valence-corrected chi connectivity index (χ0v) is 15.1. The fourth-order valence-electron chi connectivity index (χ4n) is 3.12. The number of nitrogens with one attached hydrogen (secondary N) is 3. The van der Waals surface area contributed by atoms with Gasteiger partial charge in [0.15, 0.2) is 0 Å². The molecule has 1 aliphatic heterocycles. The topological polar surface area (TPSA) is 86.6 Å². The number of likely N-dealkylation sites (tertiary alicyclic amines) is 1. The van der Waals surface area contributed by atoms with Gasteiger partial charge in [-0.15, -0.1) is 0 Å². The minimum absolute atomic E-state index is 0.0664. The molecule has 2 aromatic rings. The Hall–Kier alpha value is -2.87. The summed E-state index contributed by atoms with van der Waals surface area (Å²) in [5, 5.41) is 7.96. The quantitative estimate of drug-likeness (QED) is 0.751. The van der Waals surface area contributed by atoms with Gasteiger partial charge in [-0.2, -0.15) is 0 Å². The van der Waals surface area contributed by atoms with Crippen molar-refractivity contribution in [1.29, 1.82) is 0 Å². The normalized spacial score (nSPS) is 15.3. The molecule has 0 saturated carbocycles. The number of urea groups is 1. The molecule has 3 amide bonds. The SMILES string of the molecule is CNC(=O)c1cc(NC(=O)NC2CCN(Cc3ccco3)CC2)ccc1F. The van der Waals surface area contributed by atoms with E-state index in [9.17, 15) is 14.0 Å². The van der Waals surface area contributed by atoms with Crippen LogP contribution in [-0.4, -0.2) is 43.0 Å². The van der Waals surface area contributed by atoms with Crippen LogP contribution in [0.1, 0.15) is 29.0 Å². The van der Waals surface area contributed by atoms with Crippen LogP contribution in [0.5, 0.6) is 0 Å². The van der Waals surface area contributed by atoms with Crippen LogP contribution in [0.25, 0.3) is 0 Å². The average Bonchev–Trinajstić information content (AvgIpc) is 3.17. The number of carbonyl (C=O) groups excluding carboxylic acids is 2. The van der Waals surface area contributed by atoms with Crippen molar-refractivity contribution in [3.8, 4) is 0 Å². The first kappa shape index (κ1) is 18.9. The fourth-order valence-corrected chi connectivity index (χ4v) is 3.12. The summed E-state index contributed by atoms with van der Waals surface area (Å²) in [6.07, 6.45) is 3.33. The molecule has 1 fully saturated rings. The second kappa shape index (κ2) is 8.68. The molecule has 1 aliphatic rings.